The molecule has 0 saturated heterocycles. The lowest BCUT2D eigenvalue weighted by atomic mass is 10.2. The molecule has 20 heavy (non-hydrogen) atoms. The minimum Gasteiger partial charge on any atom is -0.495 e. The average molecular weight is 296 g/mol. The first kappa shape index (κ1) is 14.2. The molecular weight excluding hydrogens is 282 g/mol. The number of hydrogen-bond acceptors (Lipinski definition) is 4. The van der Waals surface area contributed by atoms with Gasteiger partial charge < -0.3 is 15.2 Å². The van der Waals surface area contributed by atoms with Gasteiger partial charge in [0.2, 0.25) is 0 Å². The maximum absolute atomic E-state index is 11.1. The van der Waals surface area contributed by atoms with Gasteiger partial charge in [0.05, 0.1) is 31.2 Å². The molecule has 0 bridgehead atoms. The van der Waals surface area contributed by atoms with Gasteiger partial charge in [-0.2, -0.15) is 5.10 Å². The van der Waals surface area contributed by atoms with Gasteiger partial charge in [0.25, 0.3) is 0 Å². The molecule has 0 aliphatic rings. The molecule has 0 fully saturated rings. The van der Waals surface area contributed by atoms with Crippen LogP contribution in [0, 0.1) is 0 Å². The normalized spacial score (nSPS) is 10.3. The van der Waals surface area contributed by atoms with Gasteiger partial charge in [0.15, 0.2) is 0 Å². The zero-order valence-electron chi connectivity index (χ0n) is 11.1. The predicted octanol–water partition coefficient (Wildman–Crippen LogP) is 2.39. The molecule has 106 valence electrons. The number of methoxy groups -OCH3 is 1. The molecule has 2 aromatic rings. The number of aryl methyl sites for hydroxylation is 1. The molecule has 6 nitrogen and oxygen atoms in total. The van der Waals surface area contributed by atoms with Crippen LogP contribution in [0.4, 0.5) is 5.69 Å². The van der Waals surface area contributed by atoms with Crippen molar-refractivity contribution < 1.29 is 14.6 Å². The highest BCUT2D eigenvalue weighted by Gasteiger charge is 2.15. The molecule has 0 saturated carbocycles. The third-order valence-electron chi connectivity index (χ3n) is 2.90. The Morgan fingerprint density at radius 3 is 2.95 bits per heavy atom. The van der Waals surface area contributed by atoms with Gasteiger partial charge >= 0.3 is 5.97 Å². The number of anilines is 1. The van der Waals surface area contributed by atoms with Crippen molar-refractivity contribution in [3.05, 3.63) is 40.7 Å². The zero-order valence-corrected chi connectivity index (χ0v) is 11.8. The van der Waals surface area contributed by atoms with E-state index in [0.29, 0.717) is 28.7 Å². The molecule has 0 spiro atoms. The Balaban J connectivity index is 2.23. The zero-order chi connectivity index (χ0) is 14.7. The summed E-state index contributed by atoms with van der Waals surface area (Å²) in [5, 5.41) is 16.7. The number of carboxylic acid groups (broad SMARTS) is 1. The molecule has 1 heterocycles. The van der Waals surface area contributed by atoms with Crippen molar-refractivity contribution in [2.24, 2.45) is 7.05 Å². The molecule has 1 aromatic heterocycles. The lowest BCUT2D eigenvalue weighted by Gasteiger charge is -2.12. The van der Waals surface area contributed by atoms with Crippen LogP contribution in [0.2, 0.25) is 5.02 Å². The van der Waals surface area contributed by atoms with Crippen LogP contribution in [-0.2, 0) is 13.6 Å². The molecule has 2 N–H and O–H groups in total. The van der Waals surface area contributed by atoms with E-state index in [9.17, 15) is 4.79 Å². The van der Waals surface area contributed by atoms with Gasteiger partial charge in [-0.3, -0.25) is 4.68 Å². The number of aromatic carboxylic acids is 1. The first-order valence-electron chi connectivity index (χ1n) is 5.84. The number of nitrogens with one attached hydrogen (secondary N) is 1. The van der Waals surface area contributed by atoms with E-state index in [4.69, 9.17) is 21.4 Å². The SMILES string of the molecule is COc1ccc(Cl)cc1NCc1c(C(=O)O)cnn1C. The third-order valence-corrected chi connectivity index (χ3v) is 3.13. The fourth-order valence-electron chi connectivity index (χ4n) is 1.85. The van der Waals surface area contributed by atoms with E-state index in [-0.39, 0.29) is 5.56 Å². The number of aromatic nitrogens is 2. The molecule has 7 heteroatoms. The van der Waals surface area contributed by atoms with Gasteiger partial charge in [0.1, 0.15) is 11.3 Å². The van der Waals surface area contributed by atoms with Crippen LogP contribution in [0.3, 0.4) is 0 Å². The Kier molecular flexibility index (Phi) is 4.14. The smallest absolute Gasteiger partial charge is 0.339 e. The molecule has 0 atom stereocenters. The summed E-state index contributed by atoms with van der Waals surface area (Å²) in [5.74, 6) is -0.374. The van der Waals surface area contributed by atoms with E-state index in [0.717, 1.165) is 0 Å². The number of rotatable bonds is 5. The number of nitrogens with zero attached hydrogens (tertiary/aromatic N) is 2. The quantitative estimate of drug-likeness (QED) is 0.886. The van der Waals surface area contributed by atoms with E-state index < -0.39 is 5.97 Å². The lowest BCUT2D eigenvalue weighted by molar-refractivity contribution is 0.0695. The van der Waals surface area contributed by atoms with Crippen LogP contribution in [-0.4, -0.2) is 28.0 Å². The topological polar surface area (TPSA) is 76.4 Å². The second-order valence-electron chi connectivity index (χ2n) is 4.13. The molecule has 0 unspecified atom stereocenters. The number of carbonyl (C=O) groups is 1. The highest BCUT2D eigenvalue weighted by Crippen LogP contribution is 2.28. The molecule has 0 radical (unpaired) electrons. The Hall–Kier alpha value is -2.21. The minimum atomic E-state index is -1.01. The van der Waals surface area contributed by atoms with Crippen LogP contribution in [0.5, 0.6) is 5.75 Å². The second kappa shape index (κ2) is 5.83. The first-order chi connectivity index (χ1) is 9.52. The molecule has 0 aliphatic carbocycles. The van der Waals surface area contributed by atoms with Crippen LogP contribution >= 0.6 is 11.6 Å². The monoisotopic (exact) mass is 295 g/mol. The fourth-order valence-corrected chi connectivity index (χ4v) is 2.02. The fraction of sp³-hybridized carbons (Fsp3) is 0.231. The van der Waals surface area contributed by atoms with Crippen molar-refractivity contribution in [3.63, 3.8) is 0 Å². The van der Waals surface area contributed by atoms with Crippen LogP contribution in [0.25, 0.3) is 0 Å². The maximum Gasteiger partial charge on any atom is 0.339 e. The highest BCUT2D eigenvalue weighted by atomic mass is 35.5. The Labute approximate surface area is 120 Å². The summed E-state index contributed by atoms with van der Waals surface area (Å²) in [4.78, 5) is 11.1. The van der Waals surface area contributed by atoms with Gasteiger partial charge in [-0.1, -0.05) is 11.6 Å². The van der Waals surface area contributed by atoms with Crippen molar-refractivity contribution in [1.29, 1.82) is 0 Å². The highest BCUT2D eigenvalue weighted by molar-refractivity contribution is 6.30. The molecular formula is C13H14ClN3O3. The lowest BCUT2D eigenvalue weighted by Crippen LogP contribution is -2.10. The molecule has 0 aliphatic heterocycles. The van der Waals surface area contributed by atoms with Crippen molar-refractivity contribution in [1.82, 2.24) is 9.78 Å². The summed E-state index contributed by atoms with van der Waals surface area (Å²) in [7, 11) is 3.25. The summed E-state index contributed by atoms with van der Waals surface area (Å²) in [6.07, 6.45) is 1.33. The number of carboxylic acids is 1. The summed E-state index contributed by atoms with van der Waals surface area (Å²) in [6, 6.07) is 5.18. The molecule has 2 rings (SSSR count). The Morgan fingerprint density at radius 2 is 2.30 bits per heavy atom. The standard InChI is InChI=1S/C13H14ClN3O3/c1-17-11(9(6-16-17)13(18)19)7-15-10-5-8(14)3-4-12(10)20-2/h3-6,15H,7H2,1-2H3,(H,18,19). The summed E-state index contributed by atoms with van der Waals surface area (Å²) in [6.45, 7) is 0.300. The van der Waals surface area contributed by atoms with Crippen LogP contribution in [0.15, 0.2) is 24.4 Å². The van der Waals surface area contributed by atoms with Gasteiger partial charge in [-0.15, -0.1) is 0 Å². The van der Waals surface area contributed by atoms with E-state index in [2.05, 4.69) is 10.4 Å². The third kappa shape index (κ3) is 2.85. The van der Waals surface area contributed by atoms with E-state index in [1.807, 2.05) is 0 Å². The average Bonchev–Trinajstić information content (AvgIpc) is 2.78. The summed E-state index contributed by atoms with van der Waals surface area (Å²) in [5.41, 5.74) is 1.43. The number of hydrogen-bond donors (Lipinski definition) is 2. The summed E-state index contributed by atoms with van der Waals surface area (Å²) < 4.78 is 6.74. The van der Waals surface area contributed by atoms with Gasteiger partial charge in [-0.05, 0) is 18.2 Å². The molecule has 0 amide bonds. The van der Waals surface area contributed by atoms with Crippen LogP contribution < -0.4 is 10.1 Å². The van der Waals surface area contributed by atoms with Crippen molar-refractivity contribution in [2.45, 2.75) is 6.54 Å². The van der Waals surface area contributed by atoms with E-state index in [1.54, 1.807) is 32.4 Å². The van der Waals surface area contributed by atoms with Crippen molar-refractivity contribution in [2.75, 3.05) is 12.4 Å². The van der Waals surface area contributed by atoms with Crippen molar-refractivity contribution in [3.8, 4) is 5.75 Å². The largest absolute Gasteiger partial charge is 0.495 e. The van der Waals surface area contributed by atoms with E-state index in [1.165, 1.54) is 10.9 Å². The number of ether oxygens (including phenoxy) is 1. The minimum absolute atomic E-state index is 0.168. The van der Waals surface area contributed by atoms with Gasteiger partial charge in [0, 0.05) is 12.1 Å². The molecule has 1 aromatic carbocycles. The predicted molar refractivity (Wildman–Crippen MR) is 75.5 cm³/mol. The van der Waals surface area contributed by atoms with Crippen LogP contribution in [0.1, 0.15) is 16.1 Å². The summed E-state index contributed by atoms with van der Waals surface area (Å²) >= 11 is 5.94. The second-order valence-corrected chi connectivity index (χ2v) is 4.57. The van der Waals surface area contributed by atoms with Gasteiger partial charge in [-0.25, -0.2) is 4.79 Å². The number of halogens is 1. The maximum atomic E-state index is 11.1. The Bertz CT molecular complexity index is 640. The van der Waals surface area contributed by atoms with E-state index >= 15 is 0 Å². The first-order valence-corrected chi connectivity index (χ1v) is 6.22. The van der Waals surface area contributed by atoms with Crippen molar-refractivity contribution >= 4 is 23.3 Å². The Morgan fingerprint density at radius 1 is 1.55 bits per heavy atom. The number of benzene rings is 1.